The Balaban J connectivity index is 2.82. The Morgan fingerprint density at radius 3 is 2.53 bits per heavy atom. The zero-order valence-corrected chi connectivity index (χ0v) is 9.82. The fourth-order valence-corrected chi connectivity index (χ4v) is 2.16. The van der Waals surface area contributed by atoms with E-state index in [2.05, 4.69) is 9.64 Å². The lowest BCUT2D eigenvalue weighted by Gasteiger charge is -2.25. The maximum atomic E-state index is 11.9. The van der Waals surface area contributed by atoms with E-state index >= 15 is 0 Å². The van der Waals surface area contributed by atoms with Crippen molar-refractivity contribution in [1.29, 1.82) is 0 Å². The number of carbonyl (C=O) groups excluding carboxylic acids is 2. The van der Waals surface area contributed by atoms with E-state index in [0.29, 0.717) is 6.54 Å². The summed E-state index contributed by atoms with van der Waals surface area (Å²) in [6.07, 6.45) is 0.754. The number of hydrogen-bond donors (Lipinski definition) is 0. The molecule has 0 aromatic rings. The summed E-state index contributed by atoms with van der Waals surface area (Å²) in [5, 5.41) is 0. The van der Waals surface area contributed by atoms with Crippen molar-refractivity contribution in [2.45, 2.75) is 39.3 Å². The molecule has 4 heteroatoms. The van der Waals surface area contributed by atoms with Crippen LogP contribution in [-0.2, 0) is 14.3 Å². The molecule has 0 spiro atoms. The Labute approximate surface area is 90.6 Å². The van der Waals surface area contributed by atoms with Gasteiger partial charge in [-0.1, -0.05) is 6.92 Å². The minimum absolute atomic E-state index is 0.0121. The maximum Gasteiger partial charge on any atom is 0.317 e. The summed E-state index contributed by atoms with van der Waals surface area (Å²) in [5.74, 6) is -0.970. The number of carbonyl (C=O) groups is 2. The van der Waals surface area contributed by atoms with Gasteiger partial charge < -0.3 is 4.74 Å². The van der Waals surface area contributed by atoms with E-state index in [4.69, 9.17) is 0 Å². The molecule has 1 saturated heterocycles. The Kier molecular flexibility index (Phi) is 3.85. The first kappa shape index (κ1) is 12.2. The normalized spacial score (nSPS) is 27.4. The Hall–Kier alpha value is -0.900. The summed E-state index contributed by atoms with van der Waals surface area (Å²) in [5.41, 5.74) is 0. The van der Waals surface area contributed by atoms with Gasteiger partial charge in [0, 0.05) is 12.6 Å². The van der Waals surface area contributed by atoms with E-state index in [-0.39, 0.29) is 17.9 Å². The van der Waals surface area contributed by atoms with Gasteiger partial charge >= 0.3 is 5.97 Å². The first-order valence-electron chi connectivity index (χ1n) is 5.40. The summed E-state index contributed by atoms with van der Waals surface area (Å²) < 4.78 is 4.64. The van der Waals surface area contributed by atoms with Gasteiger partial charge in [-0.3, -0.25) is 14.5 Å². The summed E-state index contributed by atoms with van der Waals surface area (Å²) in [4.78, 5) is 25.4. The van der Waals surface area contributed by atoms with E-state index in [1.807, 2.05) is 20.8 Å². The molecule has 2 atom stereocenters. The zero-order valence-electron chi connectivity index (χ0n) is 9.82. The standard InChI is InChI=1S/C11H19NO3/c1-5-9-10(13)8(11(14)15-4)6-12(9)7(2)3/h7-9H,5-6H2,1-4H3. The number of nitrogens with zero attached hydrogens (tertiary/aromatic N) is 1. The Bertz CT molecular complexity index is 263. The average Bonchev–Trinajstić information content (AvgIpc) is 2.54. The van der Waals surface area contributed by atoms with Crippen LogP contribution in [0.25, 0.3) is 0 Å². The van der Waals surface area contributed by atoms with Gasteiger partial charge in [0.15, 0.2) is 5.78 Å². The molecule has 0 amide bonds. The first-order chi connectivity index (χ1) is 7.02. The molecule has 0 N–H and O–H groups in total. The molecule has 15 heavy (non-hydrogen) atoms. The fourth-order valence-electron chi connectivity index (χ4n) is 2.16. The monoisotopic (exact) mass is 213 g/mol. The summed E-state index contributed by atoms with van der Waals surface area (Å²) in [7, 11) is 1.33. The highest BCUT2D eigenvalue weighted by molar-refractivity contribution is 6.03. The quantitative estimate of drug-likeness (QED) is 0.515. The highest BCUT2D eigenvalue weighted by atomic mass is 16.5. The Morgan fingerprint density at radius 2 is 2.20 bits per heavy atom. The lowest BCUT2D eigenvalue weighted by Crippen LogP contribution is -2.37. The molecule has 0 bridgehead atoms. The smallest absolute Gasteiger partial charge is 0.317 e. The number of rotatable bonds is 3. The van der Waals surface area contributed by atoms with E-state index in [0.717, 1.165) is 6.42 Å². The van der Waals surface area contributed by atoms with Crippen molar-refractivity contribution < 1.29 is 14.3 Å². The van der Waals surface area contributed by atoms with Crippen LogP contribution in [0.4, 0.5) is 0 Å². The molecular formula is C11H19NO3. The number of methoxy groups -OCH3 is 1. The molecule has 0 aliphatic carbocycles. The van der Waals surface area contributed by atoms with Crippen molar-refractivity contribution in [3.05, 3.63) is 0 Å². The van der Waals surface area contributed by atoms with Crippen LogP contribution < -0.4 is 0 Å². The van der Waals surface area contributed by atoms with Crippen LogP contribution in [0.5, 0.6) is 0 Å². The number of hydrogen-bond acceptors (Lipinski definition) is 4. The van der Waals surface area contributed by atoms with Crippen LogP contribution in [0.15, 0.2) is 0 Å². The van der Waals surface area contributed by atoms with Crippen molar-refractivity contribution in [3.63, 3.8) is 0 Å². The largest absolute Gasteiger partial charge is 0.468 e. The van der Waals surface area contributed by atoms with Gasteiger partial charge in [0.05, 0.1) is 13.2 Å². The molecular weight excluding hydrogens is 194 g/mol. The number of likely N-dealkylation sites (tertiary alicyclic amines) is 1. The van der Waals surface area contributed by atoms with Crippen molar-refractivity contribution >= 4 is 11.8 Å². The number of Topliss-reactive ketones (excluding diaryl/α,β-unsaturated/α-hetero) is 1. The van der Waals surface area contributed by atoms with Gasteiger partial charge in [-0.05, 0) is 20.3 Å². The number of esters is 1. The van der Waals surface area contributed by atoms with Gasteiger partial charge in [0.2, 0.25) is 0 Å². The van der Waals surface area contributed by atoms with E-state index in [1.165, 1.54) is 7.11 Å². The lowest BCUT2D eigenvalue weighted by molar-refractivity contribution is -0.147. The molecule has 1 fully saturated rings. The maximum absolute atomic E-state index is 11.9. The molecule has 0 aromatic carbocycles. The lowest BCUT2D eigenvalue weighted by atomic mass is 10.0. The van der Waals surface area contributed by atoms with Crippen LogP contribution in [0.3, 0.4) is 0 Å². The molecule has 0 aromatic heterocycles. The third-order valence-electron chi connectivity index (χ3n) is 3.00. The van der Waals surface area contributed by atoms with Gasteiger partial charge in [-0.25, -0.2) is 0 Å². The van der Waals surface area contributed by atoms with E-state index in [9.17, 15) is 9.59 Å². The molecule has 1 rings (SSSR count). The molecule has 86 valence electrons. The van der Waals surface area contributed by atoms with Crippen molar-refractivity contribution in [1.82, 2.24) is 4.90 Å². The molecule has 4 nitrogen and oxygen atoms in total. The number of ether oxygens (including phenoxy) is 1. The second-order valence-electron chi connectivity index (χ2n) is 4.19. The van der Waals surface area contributed by atoms with Gasteiger partial charge in [-0.2, -0.15) is 0 Å². The van der Waals surface area contributed by atoms with Crippen LogP contribution in [0.2, 0.25) is 0 Å². The van der Waals surface area contributed by atoms with Crippen molar-refractivity contribution in [3.8, 4) is 0 Å². The second-order valence-corrected chi connectivity index (χ2v) is 4.19. The minimum Gasteiger partial charge on any atom is -0.468 e. The van der Waals surface area contributed by atoms with E-state index < -0.39 is 11.9 Å². The summed E-state index contributed by atoms with van der Waals surface area (Å²) >= 11 is 0. The van der Waals surface area contributed by atoms with Crippen molar-refractivity contribution in [2.24, 2.45) is 5.92 Å². The van der Waals surface area contributed by atoms with Gasteiger partial charge in [0.25, 0.3) is 0 Å². The minimum atomic E-state index is -0.581. The van der Waals surface area contributed by atoms with Crippen LogP contribution in [0, 0.1) is 5.92 Å². The van der Waals surface area contributed by atoms with Crippen LogP contribution >= 0.6 is 0 Å². The fraction of sp³-hybridized carbons (Fsp3) is 0.818. The third-order valence-corrected chi connectivity index (χ3v) is 3.00. The topological polar surface area (TPSA) is 46.6 Å². The third kappa shape index (κ3) is 2.20. The molecule has 0 radical (unpaired) electrons. The van der Waals surface area contributed by atoms with Crippen molar-refractivity contribution in [2.75, 3.05) is 13.7 Å². The Morgan fingerprint density at radius 1 is 1.60 bits per heavy atom. The van der Waals surface area contributed by atoms with Gasteiger partial charge in [-0.15, -0.1) is 0 Å². The highest BCUT2D eigenvalue weighted by Crippen LogP contribution is 2.24. The predicted molar refractivity (Wildman–Crippen MR) is 56.4 cm³/mol. The highest BCUT2D eigenvalue weighted by Gasteiger charge is 2.44. The molecule has 1 aliphatic rings. The van der Waals surface area contributed by atoms with Crippen LogP contribution in [-0.4, -0.2) is 42.4 Å². The predicted octanol–water partition coefficient (Wildman–Crippen LogP) is 0.847. The first-order valence-corrected chi connectivity index (χ1v) is 5.40. The second kappa shape index (κ2) is 4.75. The van der Waals surface area contributed by atoms with E-state index in [1.54, 1.807) is 0 Å². The molecule has 0 saturated carbocycles. The molecule has 2 unspecified atom stereocenters. The molecule has 1 aliphatic heterocycles. The zero-order chi connectivity index (χ0) is 11.6. The van der Waals surface area contributed by atoms with Crippen LogP contribution in [0.1, 0.15) is 27.2 Å². The average molecular weight is 213 g/mol. The summed E-state index contributed by atoms with van der Waals surface area (Å²) in [6, 6.07) is 0.169. The molecule has 1 heterocycles. The number of ketones is 1. The summed E-state index contributed by atoms with van der Waals surface area (Å²) in [6.45, 7) is 6.55. The SMILES string of the molecule is CCC1C(=O)C(C(=O)OC)CN1C(C)C. The van der Waals surface area contributed by atoms with Gasteiger partial charge in [0.1, 0.15) is 5.92 Å².